The Morgan fingerprint density at radius 1 is 1.33 bits per heavy atom. The lowest BCUT2D eigenvalue weighted by Gasteiger charge is -2.22. The van der Waals surface area contributed by atoms with E-state index in [0.29, 0.717) is 0 Å². The number of nitrogens with zero attached hydrogens (tertiary/aromatic N) is 2. The van der Waals surface area contributed by atoms with Crippen molar-refractivity contribution in [2.75, 3.05) is 13.1 Å². The fourth-order valence-corrected chi connectivity index (χ4v) is 3.10. The molecule has 1 N–H and O–H groups in total. The summed E-state index contributed by atoms with van der Waals surface area (Å²) in [5.41, 5.74) is 2.38. The molecule has 1 saturated heterocycles. The average Bonchev–Trinajstić information content (AvgIpc) is 2.94. The standard InChI is InChI=1S/C14H17N3S/c1-2-12(10-15-4-1)8-11-3-5-16-13(9-11)14-17-6-7-18-14/h3,5-7,9,12,15H,1-2,4,8,10H2/t12-/m1/s1. The fraction of sp³-hybridized carbons (Fsp3) is 0.429. The topological polar surface area (TPSA) is 37.8 Å². The van der Waals surface area contributed by atoms with E-state index in [1.54, 1.807) is 11.3 Å². The highest BCUT2D eigenvalue weighted by Gasteiger charge is 2.14. The third-order valence-electron chi connectivity index (χ3n) is 3.40. The number of pyridine rings is 1. The van der Waals surface area contributed by atoms with Crippen LogP contribution in [0.2, 0.25) is 0 Å². The number of nitrogens with one attached hydrogen (secondary N) is 1. The third-order valence-corrected chi connectivity index (χ3v) is 4.19. The average molecular weight is 259 g/mol. The number of aromatic nitrogens is 2. The molecule has 1 aliphatic rings. The zero-order valence-corrected chi connectivity index (χ0v) is 11.1. The molecule has 18 heavy (non-hydrogen) atoms. The van der Waals surface area contributed by atoms with Crippen molar-refractivity contribution in [1.82, 2.24) is 15.3 Å². The van der Waals surface area contributed by atoms with Crippen molar-refractivity contribution in [3.8, 4) is 10.7 Å². The van der Waals surface area contributed by atoms with Crippen LogP contribution in [-0.2, 0) is 6.42 Å². The zero-order valence-electron chi connectivity index (χ0n) is 10.3. The first-order valence-corrected chi connectivity index (χ1v) is 7.35. The minimum Gasteiger partial charge on any atom is -0.316 e. The number of thiazole rings is 1. The summed E-state index contributed by atoms with van der Waals surface area (Å²) in [6, 6.07) is 4.32. The summed E-state index contributed by atoms with van der Waals surface area (Å²) in [4.78, 5) is 8.73. The molecule has 0 bridgehead atoms. The van der Waals surface area contributed by atoms with Gasteiger partial charge < -0.3 is 5.32 Å². The predicted octanol–water partition coefficient (Wildman–Crippen LogP) is 2.75. The number of hydrogen-bond acceptors (Lipinski definition) is 4. The van der Waals surface area contributed by atoms with Gasteiger partial charge in [0.15, 0.2) is 0 Å². The van der Waals surface area contributed by atoms with Crippen LogP contribution in [0.4, 0.5) is 0 Å². The van der Waals surface area contributed by atoms with E-state index >= 15 is 0 Å². The summed E-state index contributed by atoms with van der Waals surface area (Å²) < 4.78 is 0. The highest BCUT2D eigenvalue weighted by atomic mass is 32.1. The van der Waals surface area contributed by atoms with Crippen molar-refractivity contribution in [3.63, 3.8) is 0 Å². The van der Waals surface area contributed by atoms with Gasteiger partial charge in [0.2, 0.25) is 0 Å². The SMILES string of the molecule is c1cc(C[C@H]2CCCNC2)cc(-c2nccs2)n1. The van der Waals surface area contributed by atoms with Gasteiger partial charge in [-0.3, -0.25) is 4.98 Å². The van der Waals surface area contributed by atoms with Gasteiger partial charge in [0.05, 0.1) is 5.69 Å². The maximum atomic E-state index is 4.41. The van der Waals surface area contributed by atoms with Gasteiger partial charge in [0.1, 0.15) is 5.01 Å². The first-order chi connectivity index (χ1) is 8.92. The number of piperidine rings is 1. The Balaban J connectivity index is 1.74. The lowest BCUT2D eigenvalue weighted by molar-refractivity contribution is 0.376. The number of rotatable bonds is 3. The van der Waals surface area contributed by atoms with Crippen molar-refractivity contribution in [2.24, 2.45) is 5.92 Å². The quantitative estimate of drug-likeness (QED) is 0.921. The summed E-state index contributed by atoms with van der Waals surface area (Å²) in [5.74, 6) is 0.769. The van der Waals surface area contributed by atoms with E-state index in [1.165, 1.54) is 24.9 Å². The molecule has 1 atom stereocenters. The van der Waals surface area contributed by atoms with Gasteiger partial charge in [0.25, 0.3) is 0 Å². The Morgan fingerprint density at radius 2 is 2.33 bits per heavy atom. The molecule has 0 saturated carbocycles. The predicted molar refractivity (Wildman–Crippen MR) is 74.6 cm³/mol. The molecule has 94 valence electrons. The molecule has 3 heterocycles. The molecule has 3 nitrogen and oxygen atoms in total. The van der Waals surface area contributed by atoms with Crippen LogP contribution in [0.25, 0.3) is 10.7 Å². The minimum atomic E-state index is 0.769. The monoisotopic (exact) mass is 259 g/mol. The van der Waals surface area contributed by atoms with Gasteiger partial charge in [-0.05, 0) is 56.0 Å². The van der Waals surface area contributed by atoms with E-state index in [1.807, 2.05) is 17.8 Å². The lowest BCUT2D eigenvalue weighted by Crippen LogP contribution is -2.30. The summed E-state index contributed by atoms with van der Waals surface area (Å²) >= 11 is 1.64. The Bertz CT molecular complexity index is 490. The second kappa shape index (κ2) is 5.59. The molecule has 0 aromatic carbocycles. The molecule has 1 fully saturated rings. The third kappa shape index (κ3) is 2.76. The summed E-state index contributed by atoms with van der Waals surface area (Å²) in [7, 11) is 0. The van der Waals surface area contributed by atoms with Gasteiger partial charge >= 0.3 is 0 Å². The van der Waals surface area contributed by atoms with Crippen molar-refractivity contribution in [3.05, 3.63) is 35.5 Å². The molecular weight excluding hydrogens is 242 g/mol. The Hall–Kier alpha value is -1.26. The normalized spacial score (nSPS) is 19.9. The molecular formula is C14H17N3S. The van der Waals surface area contributed by atoms with Crippen molar-refractivity contribution < 1.29 is 0 Å². The summed E-state index contributed by atoms with van der Waals surface area (Å²) in [6.07, 6.45) is 7.52. The van der Waals surface area contributed by atoms with Crippen LogP contribution in [0.15, 0.2) is 29.9 Å². The van der Waals surface area contributed by atoms with Crippen molar-refractivity contribution in [2.45, 2.75) is 19.3 Å². The first kappa shape index (κ1) is 11.8. The summed E-state index contributed by atoms with van der Waals surface area (Å²) in [6.45, 7) is 2.33. The molecule has 0 unspecified atom stereocenters. The van der Waals surface area contributed by atoms with Crippen LogP contribution in [-0.4, -0.2) is 23.1 Å². The Labute approximate surface area is 111 Å². The largest absolute Gasteiger partial charge is 0.316 e. The van der Waals surface area contributed by atoms with Crippen LogP contribution >= 0.6 is 11.3 Å². The maximum Gasteiger partial charge on any atom is 0.141 e. The van der Waals surface area contributed by atoms with E-state index in [4.69, 9.17) is 0 Å². The fourth-order valence-electron chi connectivity index (χ4n) is 2.50. The second-order valence-corrected chi connectivity index (χ2v) is 5.70. The Morgan fingerprint density at radius 3 is 3.11 bits per heavy atom. The molecule has 0 spiro atoms. The van der Waals surface area contributed by atoms with E-state index in [0.717, 1.165) is 29.6 Å². The summed E-state index contributed by atoms with van der Waals surface area (Å²) in [5, 5.41) is 6.48. The van der Waals surface area contributed by atoms with Crippen LogP contribution in [0.1, 0.15) is 18.4 Å². The lowest BCUT2D eigenvalue weighted by atomic mass is 9.92. The second-order valence-electron chi connectivity index (χ2n) is 4.80. The van der Waals surface area contributed by atoms with E-state index in [-0.39, 0.29) is 0 Å². The van der Waals surface area contributed by atoms with Crippen molar-refractivity contribution >= 4 is 11.3 Å². The number of hydrogen-bond donors (Lipinski definition) is 1. The highest BCUT2D eigenvalue weighted by Crippen LogP contribution is 2.22. The van der Waals surface area contributed by atoms with Crippen molar-refractivity contribution in [1.29, 1.82) is 0 Å². The Kier molecular flexibility index (Phi) is 3.67. The van der Waals surface area contributed by atoms with Gasteiger partial charge in [-0.15, -0.1) is 11.3 Å². The van der Waals surface area contributed by atoms with Gasteiger partial charge in [0, 0.05) is 17.8 Å². The minimum absolute atomic E-state index is 0.769. The van der Waals surface area contributed by atoms with E-state index < -0.39 is 0 Å². The molecule has 0 amide bonds. The zero-order chi connectivity index (χ0) is 12.2. The molecule has 4 heteroatoms. The molecule has 2 aromatic heterocycles. The van der Waals surface area contributed by atoms with E-state index in [9.17, 15) is 0 Å². The molecule has 0 aliphatic carbocycles. The van der Waals surface area contributed by atoms with Crippen LogP contribution in [0, 0.1) is 5.92 Å². The first-order valence-electron chi connectivity index (χ1n) is 6.47. The highest BCUT2D eigenvalue weighted by molar-refractivity contribution is 7.13. The van der Waals surface area contributed by atoms with Gasteiger partial charge in [-0.25, -0.2) is 4.98 Å². The molecule has 3 rings (SSSR count). The molecule has 2 aromatic rings. The van der Waals surface area contributed by atoms with Crippen LogP contribution in [0.3, 0.4) is 0 Å². The van der Waals surface area contributed by atoms with Gasteiger partial charge in [-0.2, -0.15) is 0 Å². The maximum absolute atomic E-state index is 4.41. The van der Waals surface area contributed by atoms with Gasteiger partial charge in [-0.1, -0.05) is 0 Å². The molecule has 0 radical (unpaired) electrons. The smallest absolute Gasteiger partial charge is 0.141 e. The van der Waals surface area contributed by atoms with Crippen LogP contribution < -0.4 is 5.32 Å². The van der Waals surface area contributed by atoms with Crippen LogP contribution in [0.5, 0.6) is 0 Å². The molecule has 1 aliphatic heterocycles. The van der Waals surface area contributed by atoms with E-state index in [2.05, 4.69) is 27.4 Å².